The molecule has 5 nitrogen and oxygen atoms in total. The van der Waals surface area contributed by atoms with Gasteiger partial charge in [0.1, 0.15) is 0 Å². The van der Waals surface area contributed by atoms with Crippen molar-refractivity contribution < 1.29 is 9.59 Å². The number of aromatic amines is 1. The summed E-state index contributed by atoms with van der Waals surface area (Å²) in [6, 6.07) is 15.9. The van der Waals surface area contributed by atoms with E-state index in [-0.39, 0.29) is 24.8 Å². The molecule has 0 radical (unpaired) electrons. The predicted octanol–water partition coefficient (Wildman–Crippen LogP) is 2.81. The number of carbonyl (C=O) groups excluding carboxylic acids is 2. The van der Waals surface area contributed by atoms with E-state index in [2.05, 4.69) is 16.4 Å². The van der Waals surface area contributed by atoms with E-state index in [0.29, 0.717) is 6.54 Å². The molecule has 0 bridgehead atoms. The molecule has 2 aromatic carbocycles. The van der Waals surface area contributed by atoms with Crippen LogP contribution in [0.25, 0.3) is 10.9 Å². The van der Waals surface area contributed by atoms with Crippen LogP contribution < -0.4 is 10.2 Å². The van der Waals surface area contributed by atoms with E-state index in [0.717, 1.165) is 35.0 Å². The standard InChI is InChI=1S/C21H21N3O2/c25-20(12-16-13-22-18-9-3-2-8-17(16)18)23-14-21(26)24-11-5-7-15-6-1-4-10-19(15)24/h1-4,6,8-10,13,22H,5,7,11-12,14H2,(H,23,25). The van der Waals surface area contributed by atoms with Crippen LogP contribution in [-0.4, -0.2) is 29.9 Å². The van der Waals surface area contributed by atoms with E-state index in [1.54, 1.807) is 4.90 Å². The molecular weight excluding hydrogens is 326 g/mol. The van der Waals surface area contributed by atoms with Gasteiger partial charge in [-0.1, -0.05) is 36.4 Å². The summed E-state index contributed by atoms with van der Waals surface area (Å²) < 4.78 is 0. The van der Waals surface area contributed by atoms with E-state index in [1.807, 2.05) is 48.7 Å². The summed E-state index contributed by atoms with van der Waals surface area (Å²) in [5, 5.41) is 3.81. The topological polar surface area (TPSA) is 65.2 Å². The molecule has 26 heavy (non-hydrogen) atoms. The summed E-state index contributed by atoms with van der Waals surface area (Å²) in [4.78, 5) is 29.8. The van der Waals surface area contributed by atoms with E-state index in [9.17, 15) is 9.59 Å². The zero-order chi connectivity index (χ0) is 17.9. The normalized spacial score (nSPS) is 13.5. The summed E-state index contributed by atoms with van der Waals surface area (Å²) in [5.74, 6) is -0.210. The first-order chi connectivity index (χ1) is 12.7. The maximum absolute atomic E-state index is 12.6. The summed E-state index contributed by atoms with van der Waals surface area (Å²) in [5.41, 5.74) is 4.11. The quantitative estimate of drug-likeness (QED) is 0.762. The average molecular weight is 347 g/mol. The number of nitrogens with zero attached hydrogens (tertiary/aromatic N) is 1. The number of para-hydroxylation sites is 2. The minimum Gasteiger partial charge on any atom is -0.361 e. The zero-order valence-electron chi connectivity index (χ0n) is 14.5. The molecule has 0 fully saturated rings. The number of amides is 2. The minimum absolute atomic E-state index is 0.0233. The first kappa shape index (κ1) is 16.4. The maximum atomic E-state index is 12.6. The van der Waals surface area contributed by atoms with Crippen molar-refractivity contribution in [1.29, 1.82) is 0 Å². The van der Waals surface area contributed by atoms with Gasteiger partial charge in [-0.05, 0) is 36.1 Å². The summed E-state index contributed by atoms with van der Waals surface area (Å²) >= 11 is 0. The van der Waals surface area contributed by atoms with Gasteiger partial charge in [0.2, 0.25) is 11.8 Å². The highest BCUT2D eigenvalue weighted by Gasteiger charge is 2.22. The number of H-pyrrole nitrogens is 1. The van der Waals surface area contributed by atoms with Crippen LogP contribution in [-0.2, 0) is 22.4 Å². The van der Waals surface area contributed by atoms with Crippen LogP contribution in [0.3, 0.4) is 0 Å². The molecule has 0 aliphatic carbocycles. The number of nitrogens with one attached hydrogen (secondary N) is 2. The lowest BCUT2D eigenvalue weighted by Crippen LogP contribution is -2.42. The Kier molecular flexibility index (Phi) is 4.44. The molecule has 0 saturated carbocycles. The number of carbonyl (C=O) groups is 2. The number of hydrogen-bond acceptors (Lipinski definition) is 2. The number of aryl methyl sites for hydroxylation is 1. The second-order valence-corrected chi connectivity index (χ2v) is 6.59. The van der Waals surface area contributed by atoms with E-state index in [4.69, 9.17) is 0 Å². The van der Waals surface area contributed by atoms with Gasteiger partial charge in [0.05, 0.1) is 13.0 Å². The van der Waals surface area contributed by atoms with Gasteiger partial charge in [-0.2, -0.15) is 0 Å². The van der Waals surface area contributed by atoms with Crippen molar-refractivity contribution in [2.24, 2.45) is 0 Å². The average Bonchev–Trinajstić information content (AvgIpc) is 3.08. The van der Waals surface area contributed by atoms with Crippen molar-refractivity contribution >= 4 is 28.4 Å². The number of rotatable bonds is 4. The van der Waals surface area contributed by atoms with Crippen LogP contribution in [0.1, 0.15) is 17.5 Å². The van der Waals surface area contributed by atoms with Gasteiger partial charge in [0.15, 0.2) is 0 Å². The molecule has 1 aromatic heterocycles. The monoisotopic (exact) mass is 347 g/mol. The van der Waals surface area contributed by atoms with Gasteiger partial charge in [-0.25, -0.2) is 0 Å². The van der Waals surface area contributed by atoms with Gasteiger partial charge >= 0.3 is 0 Å². The van der Waals surface area contributed by atoms with E-state index < -0.39 is 0 Å². The van der Waals surface area contributed by atoms with Gasteiger partial charge in [0, 0.05) is 29.3 Å². The maximum Gasteiger partial charge on any atom is 0.246 e. The summed E-state index contributed by atoms with van der Waals surface area (Å²) in [7, 11) is 0. The molecular formula is C21H21N3O2. The Bertz CT molecular complexity index is 961. The predicted molar refractivity (Wildman–Crippen MR) is 102 cm³/mol. The van der Waals surface area contributed by atoms with Crippen molar-refractivity contribution in [2.75, 3.05) is 18.0 Å². The van der Waals surface area contributed by atoms with Crippen LogP contribution in [0.5, 0.6) is 0 Å². The van der Waals surface area contributed by atoms with Crippen LogP contribution in [0.15, 0.2) is 54.7 Å². The van der Waals surface area contributed by atoms with Crippen molar-refractivity contribution in [3.63, 3.8) is 0 Å². The molecule has 0 unspecified atom stereocenters. The fraction of sp³-hybridized carbons (Fsp3) is 0.238. The Morgan fingerprint density at radius 2 is 1.88 bits per heavy atom. The van der Waals surface area contributed by atoms with Crippen LogP contribution in [0, 0.1) is 0 Å². The lowest BCUT2D eigenvalue weighted by molar-refractivity contribution is -0.124. The Morgan fingerprint density at radius 1 is 1.08 bits per heavy atom. The van der Waals surface area contributed by atoms with E-state index >= 15 is 0 Å². The second kappa shape index (κ2) is 7.04. The zero-order valence-corrected chi connectivity index (χ0v) is 14.5. The Labute approximate surface area is 152 Å². The Morgan fingerprint density at radius 3 is 2.81 bits per heavy atom. The van der Waals surface area contributed by atoms with Gasteiger partial charge in [0.25, 0.3) is 0 Å². The molecule has 1 aliphatic rings. The third-order valence-corrected chi connectivity index (χ3v) is 4.87. The fourth-order valence-electron chi connectivity index (χ4n) is 3.58. The SMILES string of the molecule is O=C(Cc1c[nH]c2ccccc12)NCC(=O)N1CCCc2ccccc21. The Balaban J connectivity index is 1.38. The number of fused-ring (bicyclic) bond motifs is 2. The molecule has 132 valence electrons. The largest absolute Gasteiger partial charge is 0.361 e. The van der Waals surface area contributed by atoms with Crippen molar-refractivity contribution in [2.45, 2.75) is 19.3 Å². The smallest absolute Gasteiger partial charge is 0.246 e. The van der Waals surface area contributed by atoms with Crippen LogP contribution in [0.2, 0.25) is 0 Å². The number of benzene rings is 2. The molecule has 0 atom stereocenters. The number of hydrogen-bond donors (Lipinski definition) is 2. The second-order valence-electron chi connectivity index (χ2n) is 6.59. The molecule has 4 rings (SSSR count). The highest BCUT2D eigenvalue weighted by Crippen LogP contribution is 2.26. The number of aromatic nitrogens is 1. The first-order valence-electron chi connectivity index (χ1n) is 8.92. The minimum atomic E-state index is -0.145. The lowest BCUT2D eigenvalue weighted by atomic mass is 10.0. The Hall–Kier alpha value is -3.08. The molecule has 2 N–H and O–H groups in total. The molecule has 2 heterocycles. The van der Waals surface area contributed by atoms with Crippen molar-refractivity contribution in [1.82, 2.24) is 10.3 Å². The molecule has 2 amide bonds. The third-order valence-electron chi connectivity index (χ3n) is 4.87. The van der Waals surface area contributed by atoms with Gasteiger partial charge in [-0.15, -0.1) is 0 Å². The summed E-state index contributed by atoms with van der Waals surface area (Å²) in [6.07, 6.45) is 4.06. The van der Waals surface area contributed by atoms with Gasteiger partial charge < -0.3 is 15.2 Å². The van der Waals surface area contributed by atoms with Crippen molar-refractivity contribution in [3.8, 4) is 0 Å². The molecule has 0 saturated heterocycles. The van der Waals surface area contributed by atoms with Crippen LogP contribution >= 0.6 is 0 Å². The van der Waals surface area contributed by atoms with Crippen molar-refractivity contribution in [3.05, 3.63) is 65.9 Å². The molecule has 1 aliphatic heterocycles. The third kappa shape index (κ3) is 3.20. The molecule has 0 spiro atoms. The highest BCUT2D eigenvalue weighted by molar-refractivity contribution is 5.98. The molecule has 5 heteroatoms. The van der Waals surface area contributed by atoms with E-state index in [1.165, 1.54) is 5.56 Å². The first-order valence-corrected chi connectivity index (χ1v) is 8.92. The molecule has 3 aromatic rings. The fourth-order valence-corrected chi connectivity index (χ4v) is 3.58. The van der Waals surface area contributed by atoms with Crippen LogP contribution in [0.4, 0.5) is 5.69 Å². The number of anilines is 1. The highest BCUT2D eigenvalue weighted by atomic mass is 16.2. The summed E-state index contributed by atoms with van der Waals surface area (Å²) in [6.45, 7) is 0.726. The van der Waals surface area contributed by atoms with Gasteiger partial charge in [-0.3, -0.25) is 9.59 Å². The lowest BCUT2D eigenvalue weighted by Gasteiger charge is -2.29.